The fourth-order valence-electron chi connectivity index (χ4n) is 2.44. The number of halogens is 2. The second-order valence-electron chi connectivity index (χ2n) is 4.85. The quantitative estimate of drug-likeness (QED) is 0.496. The molecular weight excluding hydrogens is 415 g/mol. The minimum absolute atomic E-state index is 0.158. The van der Waals surface area contributed by atoms with Crippen molar-refractivity contribution >= 4 is 44.3 Å². The van der Waals surface area contributed by atoms with Gasteiger partial charge in [-0.15, -0.1) is 0 Å². The van der Waals surface area contributed by atoms with Crippen molar-refractivity contribution in [3.05, 3.63) is 67.7 Å². The highest BCUT2D eigenvalue weighted by Gasteiger charge is 2.44. The monoisotopic (exact) mass is 426 g/mol. The van der Waals surface area contributed by atoms with E-state index in [1.807, 2.05) is 36.4 Å². The summed E-state index contributed by atoms with van der Waals surface area (Å²) in [6.45, 7) is 0. The fraction of sp³-hybridized carbons (Fsp3) is 0.188. The molecule has 2 unspecified atom stereocenters. The van der Waals surface area contributed by atoms with Crippen molar-refractivity contribution in [2.24, 2.45) is 5.92 Å². The Morgan fingerprint density at radius 3 is 2.63 bits per heavy atom. The molecule has 3 rings (SSSR count). The predicted molar refractivity (Wildman–Crippen MR) is 88.5 cm³/mol. The Balaban J connectivity index is 1.82. The molecule has 2 aromatic carbocycles. The van der Waals surface area contributed by atoms with E-state index in [0.717, 1.165) is 20.0 Å². The van der Waals surface area contributed by atoms with Crippen LogP contribution in [-0.2, 0) is 0 Å². The lowest BCUT2D eigenvalue weighted by Crippen LogP contribution is -2.05. The summed E-state index contributed by atoms with van der Waals surface area (Å²) in [5.74, 6) is 0.841. The van der Waals surface area contributed by atoms with Gasteiger partial charge >= 0.3 is 0 Å². The van der Waals surface area contributed by atoms with Crippen LogP contribution in [0.2, 0.25) is 0 Å². The van der Waals surface area contributed by atoms with Gasteiger partial charge in [0.25, 0.3) is 0 Å². The molecule has 0 radical (unpaired) electrons. The summed E-state index contributed by atoms with van der Waals surface area (Å²) >= 11 is 5.67. The second kappa shape index (κ2) is 5.37. The van der Waals surface area contributed by atoms with Gasteiger partial charge in [-0.2, -0.15) is 0 Å². The van der Waals surface area contributed by atoms with Crippen molar-refractivity contribution < 1.29 is 4.79 Å². The molecule has 3 heteroatoms. The summed E-state index contributed by atoms with van der Waals surface area (Å²) in [6.07, 6.45) is 0.978. The van der Waals surface area contributed by atoms with Gasteiger partial charge in [0.15, 0.2) is 5.78 Å². The number of hydrogen-bond donors (Lipinski definition) is 0. The van der Waals surface area contributed by atoms with Gasteiger partial charge in [-0.1, -0.05) is 46.3 Å². The number of carbonyl (C=O) groups excluding carboxylic acids is 1. The molecule has 96 valence electrons. The molecule has 1 aliphatic rings. The average molecular weight is 427 g/mol. The Bertz CT molecular complexity index is 624. The highest BCUT2D eigenvalue weighted by Crippen LogP contribution is 2.49. The average Bonchev–Trinajstić information content (AvgIpc) is 3.22. The number of hydrogen-bond acceptors (Lipinski definition) is 1. The van der Waals surface area contributed by atoms with E-state index in [2.05, 4.69) is 50.7 Å². The van der Waals surface area contributed by atoms with E-state index in [0.29, 0.717) is 5.92 Å². The van der Waals surface area contributed by atoms with Crippen LogP contribution in [0.4, 0.5) is 0 Å². The third-order valence-electron chi connectivity index (χ3n) is 3.55. The topological polar surface area (TPSA) is 17.1 Å². The van der Waals surface area contributed by atoms with E-state index in [1.54, 1.807) is 0 Å². The van der Waals surface area contributed by atoms with Gasteiger partial charge in [0.1, 0.15) is 0 Å². The third kappa shape index (κ3) is 2.77. The molecule has 2 atom stereocenters. The van der Waals surface area contributed by atoms with Crippen molar-refractivity contribution in [3.8, 4) is 0 Å². The molecule has 0 saturated heterocycles. The van der Waals surface area contributed by atoms with Crippen LogP contribution in [0.5, 0.6) is 0 Å². The molecular formula is C16H12BrIO. The van der Waals surface area contributed by atoms with Crippen molar-refractivity contribution in [2.45, 2.75) is 12.3 Å². The highest BCUT2D eigenvalue weighted by molar-refractivity contribution is 14.1. The lowest BCUT2D eigenvalue weighted by atomic mass is 10.0. The molecule has 1 fully saturated rings. The lowest BCUT2D eigenvalue weighted by molar-refractivity contribution is 0.0964. The summed E-state index contributed by atoms with van der Waals surface area (Å²) < 4.78 is 2.00. The van der Waals surface area contributed by atoms with Crippen molar-refractivity contribution in [2.75, 3.05) is 0 Å². The zero-order valence-corrected chi connectivity index (χ0v) is 13.9. The number of Topliss-reactive ketones (excluding diaryl/α,β-unsaturated/α-hetero) is 1. The van der Waals surface area contributed by atoms with Crippen molar-refractivity contribution in [1.82, 2.24) is 0 Å². The maximum absolute atomic E-state index is 12.5. The molecule has 19 heavy (non-hydrogen) atoms. The van der Waals surface area contributed by atoms with Crippen LogP contribution >= 0.6 is 38.5 Å². The minimum Gasteiger partial charge on any atom is -0.294 e. The summed E-state index contributed by atoms with van der Waals surface area (Å²) in [4.78, 5) is 12.5. The van der Waals surface area contributed by atoms with Crippen LogP contribution in [0.15, 0.2) is 53.0 Å². The van der Waals surface area contributed by atoms with E-state index in [1.165, 1.54) is 5.56 Å². The van der Waals surface area contributed by atoms with E-state index in [9.17, 15) is 4.79 Å². The van der Waals surface area contributed by atoms with Crippen LogP contribution < -0.4 is 0 Å². The zero-order valence-electron chi connectivity index (χ0n) is 10.1. The Morgan fingerprint density at radius 1 is 1.16 bits per heavy atom. The van der Waals surface area contributed by atoms with Crippen molar-refractivity contribution in [3.63, 3.8) is 0 Å². The van der Waals surface area contributed by atoms with Gasteiger partial charge in [-0.25, -0.2) is 0 Å². The largest absolute Gasteiger partial charge is 0.294 e. The second-order valence-corrected chi connectivity index (χ2v) is 6.93. The van der Waals surface area contributed by atoms with Crippen LogP contribution in [0.25, 0.3) is 0 Å². The van der Waals surface area contributed by atoms with Gasteiger partial charge in [0.2, 0.25) is 0 Å². The maximum atomic E-state index is 12.5. The van der Waals surface area contributed by atoms with Crippen LogP contribution in [0, 0.1) is 9.49 Å². The zero-order chi connectivity index (χ0) is 13.4. The molecule has 0 bridgehead atoms. The van der Waals surface area contributed by atoms with E-state index in [-0.39, 0.29) is 11.7 Å². The Labute approximate surface area is 134 Å². The Kier molecular flexibility index (Phi) is 3.76. The first-order chi connectivity index (χ1) is 9.16. The van der Waals surface area contributed by atoms with Gasteiger partial charge in [0, 0.05) is 19.5 Å². The Hall–Kier alpha value is -0.680. The lowest BCUT2D eigenvalue weighted by Gasteiger charge is -2.04. The smallest absolute Gasteiger partial charge is 0.167 e. The first-order valence-corrected chi connectivity index (χ1v) is 8.08. The summed E-state index contributed by atoms with van der Waals surface area (Å²) in [6, 6.07) is 16.2. The first kappa shape index (κ1) is 13.3. The highest BCUT2D eigenvalue weighted by atomic mass is 127. The van der Waals surface area contributed by atoms with Crippen molar-refractivity contribution in [1.29, 1.82) is 0 Å². The summed E-state index contributed by atoms with van der Waals surface area (Å²) in [5.41, 5.74) is 2.13. The number of ketones is 1. The van der Waals surface area contributed by atoms with Gasteiger partial charge in [-0.05, 0) is 58.7 Å². The van der Waals surface area contributed by atoms with Gasteiger partial charge in [0.05, 0.1) is 0 Å². The van der Waals surface area contributed by atoms with Gasteiger partial charge < -0.3 is 0 Å². The van der Waals surface area contributed by atoms with E-state index in [4.69, 9.17) is 0 Å². The molecule has 0 aromatic heterocycles. The molecule has 0 amide bonds. The predicted octanol–water partition coefficient (Wildman–Crippen LogP) is 5.04. The molecule has 0 N–H and O–H groups in total. The molecule has 1 aliphatic carbocycles. The first-order valence-electron chi connectivity index (χ1n) is 6.21. The molecule has 1 saturated carbocycles. The van der Waals surface area contributed by atoms with E-state index < -0.39 is 0 Å². The standard InChI is InChI=1S/C16H12BrIO/c17-11-6-7-15(18)14(8-11)16(19)13-9-12(13)10-4-2-1-3-5-10/h1-8,12-13H,9H2. The normalized spacial score (nSPS) is 21.2. The molecule has 1 nitrogen and oxygen atoms in total. The van der Waals surface area contributed by atoms with Crippen LogP contribution in [0.3, 0.4) is 0 Å². The van der Waals surface area contributed by atoms with Crippen LogP contribution in [0.1, 0.15) is 28.3 Å². The minimum atomic E-state index is 0.158. The number of carbonyl (C=O) groups is 1. The van der Waals surface area contributed by atoms with E-state index >= 15 is 0 Å². The molecule has 2 aromatic rings. The van der Waals surface area contributed by atoms with Crippen LogP contribution in [-0.4, -0.2) is 5.78 Å². The molecule has 0 spiro atoms. The Morgan fingerprint density at radius 2 is 1.89 bits per heavy atom. The third-order valence-corrected chi connectivity index (χ3v) is 4.98. The fourth-order valence-corrected chi connectivity index (χ4v) is 3.40. The number of benzene rings is 2. The molecule has 0 heterocycles. The summed E-state index contributed by atoms with van der Waals surface area (Å²) in [5, 5.41) is 0. The molecule has 0 aliphatic heterocycles. The maximum Gasteiger partial charge on any atom is 0.167 e. The van der Waals surface area contributed by atoms with Gasteiger partial charge in [-0.3, -0.25) is 4.79 Å². The SMILES string of the molecule is O=C(c1cc(Br)ccc1I)C1CC1c1ccccc1. The summed E-state index contributed by atoms with van der Waals surface area (Å²) in [7, 11) is 0. The number of rotatable bonds is 3.